The summed E-state index contributed by atoms with van der Waals surface area (Å²) < 4.78 is 32.8. The summed E-state index contributed by atoms with van der Waals surface area (Å²) in [5.74, 6) is -0.668. The molecular formula is C15H18F2N2O2. The van der Waals surface area contributed by atoms with Gasteiger partial charge in [0.05, 0.1) is 6.54 Å². The zero-order valence-electron chi connectivity index (χ0n) is 12.0. The van der Waals surface area contributed by atoms with E-state index in [1.807, 2.05) is 0 Å². The molecule has 6 heteroatoms. The Balaban J connectivity index is 2.84. The minimum atomic E-state index is -1.07. The van der Waals surface area contributed by atoms with E-state index in [0.29, 0.717) is 12.0 Å². The number of terminal acetylenes is 1. The van der Waals surface area contributed by atoms with Gasteiger partial charge in [0.2, 0.25) is 0 Å². The molecule has 0 aromatic heterocycles. The summed E-state index contributed by atoms with van der Waals surface area (Å²) in [6.07, 6.45) is 4.27. The van der Waals surface area contributed by atoms with Gasteiger partial charge in [-0.25, -0.2) is 8.78 Å². The van der Waals surface area contributed by atoms with Crippen molar-refractivity contribution in [3.05, 3.63) is 29.3 Å². The zero-order valence-corrected chi connectivity index (χ0v) is 12.0. The molecule has 1 amide bonds. The van der Waals surface area contributed by atoms with Crippen LogP contribution in [0.5, 0.6) is 5.75 Å². The maximum absolute atomic E-state index is 13.9. The van der Waals surface area contributed by atoms with Gasteiger partial charge in [0.15, 0.2) is 23.5 Å². The second kappa shape index (κ2) is 7.60. The van der Waals surface area contributed by atoms with Crippen LogP contribution in [-0.4, -0.2) is 24.6 Å². The Kier molecular flexibility index (Phi) is 6.12. The molecule has 1 aromatic carbocycles. The highest BCUT2D eigenvalue weighted by Crippen LogP contribution is 2.25. The fourth-order valence-corrected chi connectivity index (χ4v) is 1.73. The summed E-state index contributed by atoms with van der Waals surface area (Å²) in [5.41, 5.74) is 6.01. The lowest BCUT2D eigenvalue weighted by Crippen LogP contribution is -2.36. The Bertz CT molecular complexity index is 530. The van der Waals surface area contributed by atoms with Gasteiger partial charge in [-0.2, -0.15) is 0 Å². The van der Waals surface area contributed by atoms with Crippen molar-refractivity contribution in [2.24, 2.45) is 5.73 Å². The standard InChI is InChI=1S/C15H18F2N2O2/c1-4-5-19-15(20)10(3)21-14-12(16)7-11(6-9(2)18)8-13(14)17/h1,7-10H,5-6,18H2,2-3H3,(H,19,20). The molecular weight excluding hydrogens is 278 g/mol. The number of nitrogens with two attached hydrogens (primary N) is 1. The number of halogens is 2. The fraction of sp³-hybridized carbons (Fsp3) is 0.400. The van der Waals surface area contributed by atoms with Gasteiger partial charge in [0.1, 0.15) is 0 Å². The Morgan fingerprint density at radius 1 is 1.43 bits per heavy atom. The van der Waals surface area contributed by atoms with E-state index in [0.717, 1.165) is 12.1 Å². The summed E-state index contributed by atoms with van der Waals surface area (Å²) in [5, 5.41) is 2.37. The largest absolute Gasteiger partial charge is 0.475 e. The molecule has 3 N–H and O–H groups in total. The van der Waals surface area contributed by atoms with Crippen molar-refractivity contribution in [1.82, 2.24) is 5.32 Å². The van der Waals surface area contributed by atoms with Crippen molar-refractivity contribution in [3.8, 4) is 18.1 Å². The summed E-state index contributed by atoms with van der Waals surface area (Å²) in [6, 6.07) is 2.07. The average molecular weight is 296 g/mol. The highest BCUT2D eigenvalue weighted by atomic mass is 19.1. The lowest BCUT2D eigenvalue weighted by Gasteiger charge is -2.16. The number of carbonyl (C=O) groups is 1. The van der Waals surface area contributed by atoms with Gasteiger partial charge >= 0.3 is 0 Å². The number of benzene rings is 1. The second-order valence-corrected chi connectivity index (χ2v) is 4.75. The predicted octanol–water partition coefficient (Wildman–Crippen LogP) is 1.37. The van der Waals surface area contributed by atoms with E-state index in [9.17, 15) is 13.6 Å². The quantitative estimate of drug-likeness (QED) is 0.779. The first-order chi connectivity index (χ1) is 9.85. The Labute approximate surface area is 122 Å². The van der Waals surface area contributed by atoms with Gasteiger partial charge in [0.25, 0.3) is 5.91 Å². The molecule has 0 aliphatic carbocycles. The number of amides is 1. The van der Waals surface area contributed by atoms with E-state index in [1.54, 1.807) is 6.92 Å². The van der Waals surface area contributed by atoms with E-state index in [2.05, 4.69) is 11.2 Å². The maximum Gasteiger partial charge on any atom is 0.261 e. The maximum atomic E-state index is 13.9. The number of nitrogens with one attached hydrogen (secondary N) is 1. The number of hydrogen-bond donors (Lipinski definition) is 2. The van der Waals surface area contributed by atoms with Crippen LogP contribution in [0.3, 0.4) is 0 Å². The third kappa shape index (κ3) is 5.04. The highest BCUT2D eigenvalue weighted by Gasteiger charge is 2.20. The monoisotopic (exact) mass is 296 g/mol. The van der Waals surface area contributed by atoms with Crippen molar-refractivity contribution in [3.63, 3.8) is 0 Å². The molecule has 0 fully saturated rings. The summed E-state index contributed by atoms with van der Waals surface area (Å²) in [7, 11) is 0. The van der Waals surface area contributed by atoms with Gasteiger partial charge in [-0.1, -0.05) is 5.92 Å². The number of ether oxygens (including phenoxy) is 1. The topological polar surface area (TPSA) is 64.3 Å². The Hall–Kier alpha value is -2.13. The van der Waals surface area contributed by atoms with Gasteiger partial charge in [-0.15, -0.1) is 6.42 Å². The molecule has 1 rings (SSSR count). The smallest absolute Gasteiger partial charge is 0.261 e. The van der Waals surface area contributed by atoms with Crippen molar-refractivity contribution in [2.75, 3.05) is 6.54 Å². The molecule has 0 saturated carbocycles. The molecule has 114 valence electrons. The van der Waals surface area contributed by atoms with Crippen molar-refractivity contribution < 1.29 is 18.3 Å². The van der Waals surface area contributed by atoms with E-state index in [4.69, 9.17) is 16.9 Å². The zero-order chi connectivity index (χ0) is 16.0. The molecule has 21 heavy (non-hydrogen) atoms. The van der Waals surface area contributed by atoms with Gasteiger partial charge in [-0.3, -0.25) is 4.79 Å². The third-order valence-corrected chi connectivity index (χ3v) is 2.64. The Morgan fingerprint density at radius 3 is 2.48 bits per heavy atom. The molecule has 0 spiro atoms. The Morgan fingerprint density at radius 2 is 2.00 bits per heavy atom. The van der Waals surface area contributed by atoms with Crippen LogP contribution >= 0.6 is 0 Å². The molecule has 0 aliphatic heterocycles. The molecule has 0 saturated heterocycles. The van der Waals surface area contributed by atoms with Gasteiger partial charge in [-0.05, 0) is 38.0 Å². The molecule has 1 aromatic rings. The minimum absolute atomic E-state index is 0.0187. The molecule has 0 heterocycles. The van der Waals surface area contributed by atoms with Crippen LogP contribution in [0.2, 0.25) is 0 Å². The van der Waals surface area contributed by atoms with Crippen molar-refractivity contribution in [2.45, 2.75) is 32.4 Å². The van der Waals surface area contributed by atoms with Gasteiger partial charge < -0.3 is 15.8 Å². The van der Waals surface area contributed by atoms with Crippen LogP contribution in [0, 0.1) is 24.0 Å². The number of hydrogen-bond acceptors (Lipinski definition) is 3. The van der Waals surface area contributed by atoms with E-state index in [-0.39, 0.29) is 12.6 Å². The third-order valence-electron chi connectivity index (χ3n) is 2.64. The minimum Gasteiger partial charge on any atom is -0.475 e. The summed E-state index contributed by atoms with van der Waals surface area (Å²) in [6.45, 7) is 3.13. The lowest BCUT2D eigenvalue weighted by atomic mass is 10.1. The predicted molar refractivity (Wildman–Crippen MR) is 75.6 cm³/mol. The molecule has 4 nitrogen and oxygen atoms in total. The van der Waals surface area contributed by atoms with Crippen LogP contribution < -0.4 is 15.8 Å². The van der Waals surface area contributed by atoms with Crippen molar-refractivity contribution in [1.29, 1.82) is 0 Å². The SMILES string of the molecule is C#CCNC(=O)C(C)Oc1c(F)cc(CC(C)N)cc1F. The first kappa shape index (κ1) is 16.9. The summed E-state index contributed by atoms with van der Waals surface area (Å²) in [4.78, 5) is 11.5. The lowest BCUT2D eigenvalue weighted by molar-refractivity contribution is -0.127. The normalized spacial score (nSPS) is 13.1. The summed E-state index contributed by atoms with van der Waals surface area (Å²) >= 11 is 0. The van der Waals surface area contributed by atoms with Crippen LogP contribution in [0.15, 0.2) is 12.1 Å². The highest BCUT2D eigenvalue weighted by molar-refractivity contribution is 5.80. The molecule has 0 bridgehead atoms. The van der Waals surface area contributed by atoms with Crippen molar-refractivity contribution >= 4 is 5.91 Å². The van der Waals surface area contributed by atoms with E-state index >= 15 is 0 Å². The van der Waals surface area contributed by atoms with Crippen LogP contribution in [0.1, 0.15) is 19.4 Å². The molecule has 0 radical (unpaired) electrons. The number of rotatable bonds is 6. The van der Waals surface area contributed by atoms with E-state index < -0.39 is 29.4 Å². The molecule has 2 unspecified atom stereocenters. The first-order valence-electron chi connectivity index (χ1n) is 6.46. The van der Waals surface area contributed by atoms with E-state index in [1.165, 1.54) is 6.92 Å². The van der Waals surface area contributed by atoms with Crippen LogP contribution in [0.4, 0.5) is 8.78 Å². The first-order valence-corrected chi connectivity index (χ1v) is 6.46. The average Bonchev–Trinajstić information content (AvgIpc) is 2.39. The van der Waals surface area contributed by atoms with Gasteiger partial charge in [0, 0.05) is 6.04 Å². The molecule has 0 aliphatic rings. The second-order valence-electron chi connectivity index (χ2n) is 4.75. The van der Waals surface area contributed by atoms with Crippen LogP contribution in [-0.2, 0) is 11.2 Å². The fourth-order valence-electron chi connectivity index (χ4n) is 1.73. The number of carbonyl (C=O) groups excluding carboxylic acids is 1. The molecule has 2 atom stereocenters. The van der Waals surface area contributed by atoms with Crippen LogP contribution in [0.25, 0.3) is 0 Å².